The summed E-state index contributed by atoms with van der Waals surface area (Å²) < 4.78 is 5.10. The molecule has 0 N–H and O–H groups in total. The van der Waals surface area contributed by atoms with E-state index >= 15 is 0 Å². The molecule has 0 unspecified atom stereocenters. The number of ether oxygens (including phenoxy) is 1. The van der Waals surface area contributed by atoms with Crippen LogP contribution >= 0.6 is 0 Å². The van der Waals surface area contributed by atoms with Gasteiger partial charge in [-0.2, -0.15) is 0 Å². The Morgan fingerprint density at radius 3 is 1.87 bits per heavy atom. The quantitative estimate of drug-likeness (QED) is 0.659. The number of amides is 1. The topological polar surface area (TPSA) is 46.6 Å². The predicted molar refractivity (Wildman–Crippen MR) is 91.1 cm³/mol. The third-order valence-electron chi connectivity index (χ3n) is 5.23. The van der Waals surface area contributed by atoms with E-state index in [0.717, 1.165) is 32.1 Å². The highest BCUT2D eigenvalue weighted by Gasteiger charge is 2.32. The first-order valence-electron chi connectivity index (χ1n) is 9.69. The molecule has 2 saturated carbocycles. The fraction of sp³-hybridized carbons (Fsp3) is 0.895. The van der Waals surface area contributed by atoms with E-state index in [-0.39, 0.29) is 18.3 Å². The summed E-state index contributed by atoms with van der Waals surface area (Å²) in [6.45, 7) is 2.44. The van der Waals surface area contributed by atoms with E-state index in [0.29, 0.717) is 25.1 Å². The maximum Gasteiger partial charge on any atom is 0.306 e. The summed E-state index contributed by atoms with van der Waals surface area (Å²) in [6.07, 6.45) is 13.5. The Hall–Kier alpha value is -1.06. The highest BCUT2D eigenvalue weighted by atomic mass is 16.5. The molecule has 2 aliphatic carbocycles. The smallest absolute Gasteiger partial charge is 0.306 e. The highest BCUT2D eigenvalue weighted by molar-refractivity contribution is 5.81. The second-order valence-electron chi connectivity index (χ2n) is 7.11. The molecule has 0 aromatic rings. The van der Waals surface area contributed by atoms with Crippen molar-refractivity contribution in [3.05, 3.63) is 0 Å². The summed E-state index contributed by atoms with van der Waals surface area (Å²) in [5.41, 5.74) is 0. The van der Waals surface area contributed by atoms with Crippen molar-refractivity contribution < 1.29 is 14.3 Å². The molecule has 0 atom stereocenters. The van der Waals surface area contributed by atoms with Crippen LogP contribution in [0.2, 0.25) is 0 Å². The molecule has 0 bridgehead atoms. The Labute approximate surface area is 140 Å². The number of rotatable bonds is 7. The van der Waals surface area contributed by atoms with Crippen LogP contribution in [0.25, 0.3) is 0 Å². The molecular weight excluding hydrogens is 290 g/mol. The molecule has 132 valence electrons. The molecule has 2 aliphatic rings. The Kier molecular flexibility index (Phi) is 7.90. The van der Waals surface area contributed by atoms with Gasteiger partial charge in [-0.05, 0) is 32.1 Å². The number of esters is 1. The fourth-order valence-electron chi connectivity index (χ4n) is 4.05. The Bertz CT molecular complexity index is 353. The van der Waals surface area contributed by atoms with Gasteiger partial charge in [-0.25, -0.2) is 0 Å². The zero-order valence-corrected chi connectivity index (χ0v) is 14.7. The van der Waals surface area contributed by atoms with E-state index in [4.69, 9.17) is 4.74 Å². The third kappa shape index (κ3) is 5.82. The Balaban J connectivity index is 1.91. The van der Waals surface area contributed by atoms with Crippen LogP contribution in [0, 0.1) is 0 Å². The lowest BCUT2D eigenvalue weighted by molar-refractivity contribution is -0.147. The predicted octanol–water partition coefficient (Wildman–Crippen LogP) is 4.21. The van der Waals surface area contributed by atoms with E-state index in [9.17, 15) is 9.59 Å². The average molecular weight is 323 g/mol. The third-order valence-corrected chi connectivity index (χ3v) is 5.23. The van der Waals surface area contributed by atoms with E-state index in [1.807, 2.05) is 6.92 Å². The summed E-state index contributed by atoms with van der Waals surface area (Å²) in [6, 6.07) is 0.817. The van der Waals surface area contributed by atoms with E-state index in [2.05, 4.69) is 4.90 Å². The van der Waals surface area contributed by atoms with Crippen molar-refractivity contribution >= 4 is 11.9 Å². The van der Waals surface area contributed by atoms with Crippen LogP contribution in [0.15, 0.2) is 0 Å². The second-order valence-corrected chi connectivity index (χ2v) is 7.11. The highest BCUT2D eigenvalue weighted by Crippen LogP contribution is 2.30. The lowest BCUT2D eigenvalue weighted by atomic mass is 9.88. The van der Waals surface area contributed by atoms with Gasteiger partial charge in [0.1, 0.15) is 0 Å². The van der Waals surface area contributed by atoms with Crippen molar-refractivity contribution in [3.8, 4) is 0 Å². The molecule has 4 heteroatoms. The zero-order valence-electron chi connectivity index (χ0n) is 14.7. The van der Waals surface area contributed by atoms with Crippen LogP contribution in [-0.2, 0) is 14.3 Å². The molecule has 0 radical (unpaired) electrons. The molecule has 4 nitrogen and oxygen atoms in total. The maximum absolute atomic E-state index is 12.8. The molecular formula is C19H33NO3. The van der Waals surface area contributed by atoms with Gasteiger partial charge in [0.2, 0.25) is 5.91 Å². The monoisotopic (exact) mass is 323 g/mol. The first-order valence-corrected chi connectivity index (χ1v) is 9.69. The number of carbonyl (C=O) groups excluding carboxylic acids is 2. The van der Waals surface area contributed by atoms with Crippen molar-refractivity contribution in [3.63, 3.8) is 0 Å². The minimum absolute atomic E-state index is 0.178. The molecule has 0 aromatic heterocycles. The molecule has 0 aromatic carbocycles. The normalized spacial score (nSPS) is 20.2. The van der Waals surface area contributed by atoms with E-state index in [1.54, 1.807) is 0 Å². The molecule has 0 saturated heterocycles. The van der Waals surface area contributed by atoms with Crippen molar-refractivity contribution in [2.24, 2.45) is 0 Å². The van der Waals surface area contributed by atoms with Gasteiger partial charge < -0.3 is 9.64 Å². The standard InChI is InChI=1S/C19H33NO3/c1-2-15-23-19(22)14-13-18(21)20(16-9-5-3-6-10-16)17-11-7-4-8-12-17/h16-17H,2-15H2,1H3. The van der Waals surface area contributed by atoms with Crippen LogP contribution < -0.4 is 0 Å². The van der Waals surface area contributed by atoms with Crippen molar-refractivity contribution in [1.29, 1.82) is 0 Å². The molecule has 2 fully saturated rings. The van der Waals surface area contributed by atoms with Gasteiger partial charge >= 0.3 is 5.97 Å². The summed E-state index contributed by atoms with van der Waals surface area (Å²) >= 11 is 0. The second kappa shape index (κ2) is 9.94. The van der Waals surface area contributed by atoms with Crippen molar-refractivity contribution in [2.75, 3.05) is 6.61 Å². The number of carbonyl (C=O) groups is 2. The lowest BCUT2D eigenvalue weighted by Gasteiger charge is -2.42. The van der Waals surface area contributed by atoms with Gasteiger partial charge in [0.15, 0.2) is 0 Å². The lowest BCUT2D eigenvalue weighted by Crippen LogP contribution is -2.48. The summed E-state index contributed by atoms with van der Waals surface area (Å²) in [5, 5.41) is 0. The number of hydrogen-bond acceptors (Lipinski definition) is 3. The minimum Gasteiger partial charge on any atom is -0.466 e. The van der Waals surface area contributed by atoms with E-state index < -0.39 is 0 Å². The van der Waals surface area contributed by atoms with Crippen LogP contribution in [0.5, 0.6) is 0 Å². The van der Waals surface area contributed by atoms with Crippen LogP contribution in [0.1, 0.15) is 90.4 Å². The molecule has 0 spiro atoms. The van der Waals surface area contributed by atoms with Gasteiger partial charge in [0.05, 0.1) is 13.0 Å². The molecule has 1 amide bonds. The number of nitrogens with zero attached hydrogens (tertiary/aromatic N) is 1. The summed E-state index contributed by atoms with van der Waals surface area (Å²) in [5.74, 6) is -0.0512. The summed E-state index contributed by atoms with van der Waals surface area (Å²) in [7, 11) is 0. The van der Waals surface area contributed by atoms with Crippen molar-refractivity contribution in [1.82, 2.24) is 4.90 Å². The van der Waals surface area contributed by atoms with E-state index in [1.165, 1.54) is 38.5 Å². The maximum atomic E-state index is 12.8. The minimum atomic E-state index is -0.229. The molecule has 23 heavy (non-hydrogen) atoms. The van der Waals surface area contributed by atoms with Crippen molar-refractivity contribution in [2.45, 2.75) is 102 Å². The first-order chi connectivity index (χ1) is 11.2. The van der Waals surface area contributed by atoms with Crippen LogP contribution in [0.4, 0.5) is 0 Å². The van der Waals surface area contributed by atoms with Gasteiger partial charge in [-0.15, -0.1) is 0 Å². The largest absolute Gasteiger partial charge is 0.466 e. The van der Waals surface area contributed by atoms with Gasteiger partial charge in [0, 0.05) is 18.5 Å². The zero-order chi connectivity index (χ0) is 16.5. The summed E-state index contributed by atoms with van der Waals surface area (Å²) in [4.78, 5) is 26.7. The fourth-order valence-corrected chi connectivity index (χ4v) is 4.05. The molecule has 0 aliphatic heterocycles. The average Bonchev–Trinajstić information content (AvgIpc) is 2.60. The van der Waals surface area contributed by atoms with Crippen LogP contribution in [-0.4, -0.2) is 35.5 Å². The number of hydrogen-bond donors (Lipinski definition) is 0. The SMILES string of the molecule is CCCOC(=O)CCC(=O)N(C1CCCCC1)C1CCCCC1. The Morgan fingerprint density at radius 1 is 0.870 bits per heavy atom. The van der Waals surface area contributed by atoms with Gasteiger partial charge in [-0.1, -0.05) is 45.4 Å². The molecule has 0 heterocycles. The Morgan fingerprint density at radius 2 is 1.39 bits per heavy atom. The van der Waals surface area contributed by atoms with Gasteiger partial charge in [0.25, 0.3) is 0 Å². The van der Waals surface area contributed by atoms with Crippen LogP contribution in [0.3, 0.4) is 0 Å². The molecule has 2 rings (SSSR count). The first kappa shape index (κ1) is 18.3. The van der Waals surface area contributed by atoms with Gasteiger partial charge in [-0.3, -0.25) is 9.59 Å².